The van der Waals surface area contributed by atoms with Gasteiger partial charge in [0.25, 0.3) is 0 Å². The van der Waals surface area contributed by atoms with Gasteiger partial charge in [0.05, 0.1) is 17.1 Å². The van der Waals surface area contributed by atoms with Crippen LogP contribution in [0.2, 0.25) is 0 Å². The predicted molar refractivity (Wildman–Crippen MR) is 85.7 cm³/mol. The first-order valence-electron chi connectivity index (χ1n) is 7.43. The highest BCUT2D eigenvalue weighted by Crippen LogP contribution is 2.18. The number of H-pyrrole nitrogens is 1. The van der Waals surface area contributed by atoms with Gasteiger partial charge in [0, 0.05) is 30.9 Å². The summed E-state index contributed by atoms with van der Waals surface area (Å²) in [5, 5.41) is 7.08. The van der Waals surface area contributed by atoms with Gasteiger partial charge in [-0.05, 0) is 31.2 Å². The minimum atomic E-state index is -0.0300. The molecular formula is C16H19N5O. The summed E-state index contributed by atoms with van der Waals surface area (Å²) in [5.41, 5.74) is 2.63. The summed E-state index contributed by atoms with van der Waals surface area (Å²) in [6, 6.07) is 7.58. The van der Waals surface area contributed by atoms with Gasteiger partial charge in [0.15, 0.2) is 0 Å². The number of aryl methyl sites for hydroxylation is 1. The minimum absolute atomic E-state index is 0.0255. The van der Waals surface area contributed by atoms with Gasteiger partial charge in [0.2, 0.25) is 5.91 Å². The van der Waals surface area contributed by atoms with Crippen molar-refractivity contribution in [3.05, 3.63) is 42.5 Å². The van der Waals surface area contributed by atoms with Gasteiger partial charge in [-0.1, -0.05) is 6.92 Å². The maximum absolute atomic E-state index is 12.1. The molecule has 3 aromatic rings. The number of hydrogen-bond donors (Lipinski definition) is 2. The van der Waals surface area contributed by atoms with Crippen LogP contribution in [-0.2, 0) is 11.2 Å². The SMILES string of the molecule is CCc1nc2ccc(NC(=O)CC(C)n3cccn3)cc2[nH]1. The zero-order valence-electron chi connectivity index (χ0n) is 12.7. The second kappa shape index (κ2) is 6.01. The van der Waals surface area contributed by atoms with Crippen LogP contribution in [0.1, 0.15) is 32.1 Å². The molecule has 6 nitrogen and oxygen atoms in total. The summed E-state index contributed by atoms with van der Waals surface area (Å²) in [7, 11) is 0. The molecule has 2 N–H and O–H groups in total. The Balaban J connectivity index is 1.68. The molecule has 0 saturated carbocycles. The van der Waals surface area contributed by atoms with E-state index in [1.54, 1.807) is 10.9 Å². The number of aromatic amines is 1. The Morgan fingerprint density at radius 1 is 1.45 bits per heavy atom. The third-order valence-corrected chi connectivity index (χ3v) is 3.61. The highest BCUT2D eigenvalue weighted by molar-refractivity contribution is 5.93. The Kier molecular flexibility index (Phi) is 3.91. The van der Waals surface area contributed by atoms with Crippen LogP contribution in [0.15, 0.2) is 36.7 Å². The first kappa shape index (κ1) is 14.3. The Morgan fingerprint density at radius 2 is 2.32 bits per heavy atom. The van der Waals surface area contributed by atoms with Crippen molar-refractivity contribution in [2.75, 3.05) is 5.32 Å². The lowest BCUT2D eigenvalue weighted by Gasteiger charge is -2.12. The van der Waals surface area contributed by atoms with Crippen molar-refractivity contribution in [1.82, 2.24) is 19.7 Å². The fourth-order valence-corrected chi connectivity index (χ4v) is 2.42. The Hall–Kier alpha value is -2.63. The van der Waals surface area contributed by atoms with Gasteiger partial charge in [-0.25, -0.2) is 4.98 Å². The van der Waals surface area contributed by atoms with E-state index < -0.39 is 0 Å². The molecule has 0 bridgehead atoms. The number of nitrogens with one attached hydrogen (secondary N) is 2. The average molecular weight is 297 g/mol. The molecule has 2 heterocycles. The van der Waals surface area contributed by atoms with E-state index in [0.29, 0.717) is 6.42 Å². The van der Waals surface area contributed by atoms with Crippen molar-refractivity contribution in [3.8, 4) is 0 Å². The number of carbonyl (C=O) groups is 1. The minimum Gasteiger partial charge on any atom is -0.342 e. The number of amides is 1. The fraction of sp³-hybridized carbons (Fsp3) is 0.312. The van der Waals surface area contributed by atoms with Gasteiger partial charge in [-0.3, -0.25) is 9.48 Å². The summed E-state index contributed by atoms with van der Waals surface area (Å²) in [6.45, 7) is 4.02. The topological polar surface area (TPSA) is 75.6 Å². The van der Waals surface area contributed by atoms with Crippen LogP contribution in [-0.4, -0.2) is 25.7 Å². The smallest absolute Gasteiger partial charge is 0.226 e. The number of rotatable bonds is 5. The van der Waals surface area contributed by atoms with E-state index in [2.05, 4.69) is 27.3 Å². The van der Waals surface area contributed by atoms with E-state index in [-0.39, 0.29) is 11.9 Å². The monoisotopic (exact) mass is 297 g/mol. The summed E-state index contributed by atoms with van der Waals surface area (Å²) in [6.07, 6.45) is 4.81. The van der Waals surface area contributed by atoms with Crippen molar-refractivity contribution in [2.24, 2.45) is 0 Å². The first-order chi connectivity index (χ1) is 10.7. The van der Waals surface area contributed by atoms with Crippen molar-refractivity contribution in [3.63, 3.8) is 0 Å². The number of aromatic nitrogens is 4. The van der Waals surface area contributed by atoms with E-state index in [1.165, 1.54) is 0 Å². The van der Waals surface area contributed by atoms with E-state index in [0.717, 1.165) is 29.0 Å². The molecule has 1 amide bonds. The number of fused-ring (bicyclic) bond motifs is 1. The maximum atomic E-state index is 12.1. The fourth-order valence-electron chi connectivity index (χ4n) is 2.42. The molecule has 2 aromatic heterocycles. The third kappa shape index (κ3) is 3.00. The predicted octanol–water partition coefficient (Wildman–Crippen LogP) is 2.91. The lowest BCUT2D eigenvalue weighted by atomic mass is 10.2. The lowest BCUT2D eigenvalue weighted by Crippen LogP contribution is -2.17. The van der Waals surface area contributed by atoms with Crippen molar-refractivity contribution >= 4 is 22.6 Å². The molecule has 1 aromatic carbocycles. The van der Waals surface area contributed by atoms with E-state index in [1.807, 2.05) is 37.4 Å². The highest BCUT2D eigenvalue weighted by atomic mass is 16.1. The van der Waals surface area contributed by atoms with Crippen LogP contribution < -0.4 is 5.32 Å². The van der Waals surface area contributed by atoms with Crippen molar-refractivity contribution in [2.45, 2.75) is 32.7 Å². The number of imidazole rings is 1. The second-order valence-corrected chi connectivity index (χ2v) is 5.36. The maximum Gasteiger partial charge on any atom is 0.226 e. The summed E-state index contributed by atoms with van der Waals surface area (Å²) >= 11 is 0. The van der Waals surface area contributed by atoms with Gasteiger partial charge >= 0.3 is 0 Å². The Bertz CT molecular complexity index is 775. The van der Waals surface area contributed by atoms with Crippen LogP contribution in [0, 0.1) is 0 Å². The average Bonchev–Trinajstić information content (AvgIpc) is 3.15. The summed E-state index contributed by atoms with van der Waals surface area (Å²) < 4.78 is 1.78. The number of hydrogen-bond acceptors (Lipinski definition) is 3. The van der Waals surface area contributed by atoms with E-state index in [9.17, 15) is 4.79 Å². The largest absolute Gasteiger partial charge is 0.342 e. The summed E-state index contributed by atoms with van der Waals surface area (Å²) in [4.78, 5) is 19.8. The summed E-state index contributed by atoms with van der Waals surface area (Å²) in [5.74, 6) is 0.920. The number of nitrogens with zero attached hydrogens (tertiary/aromatic N) is 3. The standard InChI is InChI=1S/C16H19N5O/c1-3-15-19-13-6-5-12(10-14(13)20-15)18-16(22)9-11(2)21-8-4-7-17-21/h4-8,10-11H,3,9H2,1-2H3,(H,18,22)(H,19,20). The van der Waals surface area contributed by atoms with Crippen LogP contribution in [0.5, 0.6) is 0 Å². The van der Waals surface area contributed by atoms with Gasteiger partial charge in [0.1, 0.15) is 5.82 Å². The molecule has 0 aliphatic heterocycles. The van der Waals surface area contributed by atoms with E-state index >= 15 is 0 Å². The van der Waals surface area contributed by atoms with Gasteiger partial charge in [-0.2, -0.15) is 5.10 Å². The van der Waals surface area contributed by atoms with Gasteiger partial charge < -0.3 is 10.3 Å². The zero-order chi connectivity index (χ0) is 15.5. The molecule has 114 valence electrons. The van der Waals surface area contributed by atoms with Crippen molar-refractivity contribution < 1.29 is 4.79 Å². The number of benzene rings is 1. The van der Waals surface area contributed by atoms with E-state index in [4.69, 9.17) is 0 Å². The molecule has 0 radical (unpaired) electrons. The molecule has 3 rings (SSSR count). The van der Waals surface area contributed by atoms with Gasteiger partial charge in [-0.15, -0.1) is 0 Å². The molecular weight excluding hydrogens is 278 g/mol. The molecule has 0 fully saturated rings. The number of anilines is 1. The van der Waals surface area contributed by atoms with Crippen LogP contribution >= 0.6 is 0 Å². The molecule has 1 unspecified atom stereocenters. The number of carbonyl (C=O) groups excluding carboxylic acids is 1. The van der Waals surface area contributed by atoms with Crippen LogP contribution in [0.4, 0.5) is 5.69 Å². The molecule has 22 heavy (non-hydrogen) atoms. The Morgan fingerprint density at radius 3 is 3.05 bits per heavy atom. The van der Waals surface area contributed by atoms with Crippen molar-refractivity contribution in [1.29, 1.82) is 0 Å². The molecule has 0 spiro atoms. The molecule has 0 aliphatic carbocycles. The zero-order valence-corrected chi connectivity index (χ0v) is 12.7. The molecule has 0 aliphatic rings. The first-order valence-corrected chi connectivity index (χ1v) is 7.43. The normalized spacial score (nSPS) is 12.5. The highest BCUT2D eigenvalue weighted by Gasteiger charge is 2.11. The quantitative estimate of drug-likeness (QED) is 0.760. The lowest BCUT2D eigenvalue weighted by molar-refractivity contribution is -0.116. The van der Waals surface area contributed by atoms with Crippen LogP contribution in [0.3, 0.4) is 0 Å². The second-order valence-electron chi connectivity index (χ2n) is 5.36. The Labute approximate surface area is 128 Å². The van der Waals surface area contributed by atoms with Crippen LogP contribution in [0.25, 0.3) is 11.0 Å². The molecule has 1 atom stereocenters. The molecule has 0 saturated heterocycles. The molecule has 6 heteroatoms. The third-order valence-electron chi connectivity index (χ3n) is 3.61.